The number of aromatic nitrogens is 3. The highest BCUT2D eigenvalue weighted by molar-refractivity contribution is 5.98. The van der Waals surface area contributed by atoms with E-state index in [0.717, 1.165) is 35.1 Å². The number of amides is 2. The van der Waals surface area contributed by atoms with Gasteiger partial charge < -0.3 is 19.6 Å². The summed E-state index contributed by atoms with van der Waals surface area (Å²) < 4.78 is 8.19. The molecule has 3 aromatic rings. The van der Waals surface area contributed by atoms with Crippen molar-refractivity contribution in [1.29, 1.82) is 0 Å². The van der Waals surface area contributed by atoms with Crippen LogP contribution in [0.3, 0.4) is 0 Å². The lowest BCUT2D eigenvalue weighted by Gasteiger charge is -2.43. The predicted molar refractivity (Wildman–Crippen MR) is 158 cm³/mol. The van der Waals surface area contributed by atoms with E-state index in [9.17, 15) is 19.5 Å². The molecule has 0 radical (unpaired) electrons. The number of ether oxygens (including phenoxy) is 1. The lowest BCUT2D eigenvalue weighted by Crippen LogP contribution is -2.50. The third kappa shape index (κ3) is 5.50. The molecule has 43 heavy (non-hydrogen) atoms. The molecule has 10 nitrogen and oxygen atoms in total. The van der Waals surface area contributed by atoms with Gasteiger partial charge in [0.2, 0.25) is 5.91 Å². The fourth-order valence-corrected chi connectivity index (χ4v) is 6.96. The summed E-state index contributed by atoms with van der Waals surface area (Å²) in [7, 11) is 0. The van der Waals surface area contributed by atoms with Crippen molar-refractivity contribution >= 4 is 17.8 Å². The average molecular weight is 586 g/mol. The van der Waals surface area contributed by atoms with Crippen molar-refractivity contribution in [2.75, 3.05) is 13.1 Å². The van der Waals surface area contributed by atoms with E-state index in [-0.39, 0.29) is 24.5 Å². The summed E-state index contributed by atoms with van der Waals surface area (Å²) in [5.74, 6) is -1.74. The zero-order valence-corrected chi connectivity index (χ0v) is 25.0. The minimum absolute atomic E-state index is 0.0587. The van der Waals surface area contributed by atoms with E-state index in [2.05, 4.69) is 17.2 Å². The minimum atomic E-state index is -0.911. The standard InChI is InChI=1S/C33H39N5O5/c1-20(2)38-17-23(34-35-38)19-43-29-13-12-21(3)24-14-15-37(32(40)26-10-6-7-11-27(26)33(41)42)28(30(24)29)18-36-16-22-8-4-5-9-25(22)31(36)39/h4-5,8-9,12-13,17,20,26-28H,6-7,10-11,14-16,18-19H2,1-3H3,(H,41,42)/t26?,27-,28-/m1/s1. The van der Waals surface area contributed by atoms with Gasteiger partial charge in [0, 0.05) is 36.8 Å². The van der Waals surface area contributed by atoms with Crippen molar-refractivity contribution in [3.8, 4) is 5.75 Å². The van der Waals surface area contributed by atoms with E-state index in [4.69, 9.17) is 4.74 Å². The normalized spacial score (nSPS) is 21.6. The zero-order valence-electron chi connectivity index (χ0n) is 25.0. The summed E-state index contributed by atoms with van der Waals surface area (Å²) >= 11 is 0. The van der Waals surface area contributed by atoms with E-state index in [1.54, 1.807) is 9.58 Å². The Morgan fingerprint density at radius 3 is 2.58 bits per heavy atom. The molecule has 0 spiro atoms. The van der Waals surface area contributed by atoms with Gasteiger partial charge in [-0.25, -0.2) is 4.68 Å². The number of hydrogen-bond donors (Lipinski definition) is 1. The maximum Gasteiger partial charge on any atom is 0.307 e. The molecule has 1 N–H and O–H groups in total. The first-order valence-corrected chi connectivity index (χ1v) is 15.3. The highest BCUT2D eigenvalue weighted by Crippen LogP contribution is 2.42. The van der Waals surface area contributed by atoms with Crippen LogP contribution in [0.4, 0.5) is 0 Å². The Bertz CT molecular complexity index is 1550. The minimum Gasteiger partial charge on any atom is -0.487 e. The van der Waals surface area contributed by atoms with Crippen molar-refractivity contribution in [3.05, 3.63) is 76.1 Å². The van der Waals surface area contributed by atoms with E-state index in [1.165, 1.54) is 0 Å². The first kappa shape index (κ1) is 28.9. The zero-order chi connectivity index (χ0) is 30.2. The molecule has 0 bridgehead atoms. The van der Waals surface area contributed by atoms with Crippen LogP contribution in [0.1, 0.15) is 89.9 Å². The Balaban J connectivity index is 1.37. The largest absolute Gasteiger partial charge is 0.487 e. The lowest BCUT2D eigenvalue weighted by atomic mass is 9.77. The predicted octanol–water partition coefficient (Wildman–Crippen LogP) is 4.72. The van der Waals surface area contributed by atoms with Crippen LogP contribution >= 0.6 is 0 Å². The summed E-state index contributed by atoms with van der Waals surface area (Å²) in [5.41, 5.74) is 5.45. The van der Waals surface area contributed by atoms with Crippen molar-refractivity contribution in [2.24, 2.45) is 11.8 Å². The Labute approximate surface area is 251 Å². The van der Waals surface area contributed by atoms with Crippen molar-refractivity contribution in [2.45, 2.75) is 78.1 Å². The van der Waals surface area contributed by atoms with Gasteiger partial charge in [-0.1, -0.05) is 42.3 Å². The third-order valence-electron chi connectivity index (χ3n) is 9.30. The number of aryl methyl sites for hydroxylation is 1. The molecule has 0 saturated heterocycles. The van der Waals surface area contributed by atoms with Gasteiger partial charge in [0.1, 0.15) is 18.1 Å². The molecule has 1 aromatic heterocycles. The molecule has 1 aliphatic carbocycles. The molecule has 3 atom stereocenters. The van der Waals surface area contributed by atoms with Crippen molar-refractivity contribution < 1.29 is 24.2 Å². The van der Waals surface area contributed by atoms with Gasteiger partial charge in [0.25, 0.3) is 5.91 Å². The molecule has 3 heterocycles. The van der Waals surface area contributed by atoms with Gasteiger partial charge in [-0.3, -0.25) is 14.4 Å². The summed E-state index contributed by atoms with van der Waals surface area (Å²) in [6.45, 7) is 7.55. The van der Waals surface area contributed by atoms with Crippen LogP contribution in [-0.4, -0.2) is 60.8 Å². The van der Waals surface area contributed by atoms with Crippen LogP contribution in [0.5, 0.6) is 5.75 Å². The number of aliphatic carboxylic acids is 1. The molecule has 1 fully saturated rings. The first-order valence-electron chi connectivity index (χ1n) is 15.3. The quantitative estimate of drug-likeness (QED) is 0.407. The van der Waals surface area contributed by atoms with E-state index < -0.39 is 23.8 Å². The lowest BCUT2D eigenvalue weighted by molar-refractivity contribution is -0.153. The second kappa shape index (κ2) is 11.8. The second-order valence-corrected chi connectivity index (χ2v) is 12.3. The van der Waals surface area contributed by atoms with Crippen LogP contribution in [0, 0.1) is 18.8 Å². The molecule has 1 unspecified atom stereocenters. The Morgan fingerprint density at radius 1 is 1.09 bits per heavy atom. The second-order valence-electron chi connectivity index (χ2n) is 12.3. The maximum absolute atomic E-state index is 14.3. The number of rotatable bonds is 8. The number of carboxylic acids is 1. The van der Waals surface area contributed by atoms with Crippen LogP contribution in [-0.2, 0) is 29.2 Å². The molecule has 3 aliphatic rings. The molecule has 10 heteroatoms. The van der Waals surface area contributed by atoms with Gasteiger partial charge in [-0.2, -0.15) is 0 Å². The van der Waals surface area contributed by atoms with Gasteiger partial charge in [0.15, 0.2) is 0 Å². The third-order valence-corrected chi connectivity index (χ3v) is 9.30. The molecule has 2 amide bonds. The summed E-state index contributed by atoms with van der Waals surface area (Å²) in [5, 5.41) is 18.4. The fraction of sp³-hybridized carbons (Fsp3) is 0.485. The van der Waals surface area contributed by atoms with E-state index >= 15 is 0 Å². The number of carboxylic acid groups (broad SMARTS) is 1. The maximum atomic E-state index is 14.3. The number of nitrogens with zero attached hydrogens (tertiary/aromatic N) is 5. The highest BCUT2D eigenvalue weighted by atomic mass is 16.5. The van der Waals surface area contributed by atoms with Crippen molar-refractivity contribution in [3.63, 3.8) is 0 Å². The summed E-state index contributed by atoms with van der Waals surface area (Å²) in [6.07, 6.45) is 5.20. The topological polar surface area (TPSA) is 118 Å². The Kier molecular flexibility index (Phi) is 7.94. The number of benzene rings is 2. The SMILES string of the molecule is Cc1ccc(OCc2cn(C(C)C)nn2)c2c1CCN(C(=O)C1CCCC[C@H]1C(=O)O)[C@@H]2CN1Cc2ccccc2C1=O. The first-order chi connectivity index (χ1) is 20.7. The van der Waals surface area contributed by atoms with E-state index in [0.29, 0.717) is 55.9 Å². The molecular weight excluding hydrogens is 546 g/mol. The molecule has 6 rings (SSSR count). The molecule has 226 valence electrons. The van der Waals surface area contributed by atoms with Gasteiger partial charge in [0.05, 0.1) is 24.1 Å². The van der Waals surface area contributed by atoms with Crippen LogP contribution in [0.2, 0.25) is 0 Å². The molecular formula is C33H39N5O5. The van der Waals surface area contributed by atoms with Gasteiger partial charge in [-0.15, -0.1) is 5.10 Å². The monoisotopic (exact) mass is 585 g/mol. The van der Waals surface area contributed by atoms with Crippen molar-refractivity contribution in [1.82, 2.24) is 24.8 Å². The van der Waals surface area contributed by atoms with Gasteiger partial charge in [-0.05, 0) is 68.9 Å². The van der Waals surface area contributed by atoms with Crippen LogP contribution in [0.25, 0.3) is 0 Å². The number of carbonyl (C=O) groups is 3. The van der Waals surface area contributed by atoms with Crippen LogP contribution < -0.4 is 4.74 Å². The van der Waals surface area contributed by atoms with Crippen LogP contribution in [0.15, 0.2) is 42.6 Å². The summed E-state index contributed by atoms with van der Waals surface area (Å²) in [6, 6.07) is 11.3. The molecule has 2 aliphatic heterocycles. The molecule has 1 saturated carbocycles. The summed E-state index contributed by atoms with van der Waals surface area (Å²) in [4.78, 5) is 43.6. The average Bonchev–Trinajstić information content (AvgIpc) is 3.61. The van der Waals surface area contributed by atoms with Gasteiger partial charge >= 0.3 is 5.97 Å². The number of fused-ring (bicyclic) bond motifs is 2. The molecule has 2 aromatic carbocycles. The van der Waals surface area contributed by atoms with E-state index in [1.807, 2.05) is 61.3 Å². The Morgan fingerprint density at radius 2 is 1.86 bits per heavy atom. The smallest absolute Gasteiger partial charge is 0.307 e. The highest BCUT2D eigenvalue weighted by Gasteiger charge is 2.43. The number of carbonyl (C=O) groups excluding carboxylic acids is 2. The fourth-order valence-electron chi connectivity index (χ4n) is 6.96. The Hall–Kier alpha value is -4.21. The number of hydrogen-bond acceptors (Lipinski definition) is 6.